The molecule has 2 fully saturated rings. The zero-order valence-electron chi connectivity index (χ0n) is 22.6. The van der Waals surface area contributed by atoms with Gasteiger partial charge in [0.15, 0.2) is 0 Å². The highest BCUT2D eigenvalue weighted by Crippen LogP contribution is 2.41. The molecule has 1 aliphatic heterocycles. The zero-order chi connectivity index (χ0) is 27.4. The van der Waals surface area contributed by atoms with Crippen LogP contribution in [0.5, 0.6) is 0 Å². The van der Waals surface area contributed by atoms with Crippen LogP contribution in [0.15, 0.2) is 21.8 Å². The average Bonchev–Trinajstić information content (AvgIpc) is 3.48. The maximum Gasteiger partial charge on any atom is 0.407 e. The van der Waals surface area contributed by atoms with Crippen molar-refractivity contribution in [1.82, 2.24) is 14.2 Å². The second-order valence-corrected chi connectivity index (χ2v) is 13.5. The first-order chi connectivity index (χ1) is 17.1. The van der Waals surface area contributed by atoms with Gasteiger partial charge < -0.3 is 19.5 Å². The molecule has 4 rings (SSSR count). The molecule has 1 amide bonds. The first kappa shape index (κ1) is 27.4. The maximum absolute atomic E-state index is 15.6. The van der Waals surface area contributed by atoms with Crippen molar-refractivity contribution in [3.8, 4) is 0 Å². The monoisotopic (exact) mass is 536 g/mol. The molecule has 1 aliphatic carbocycles. The third kappa shape index (κ3) is 5.34. The van der Waals surface area contributed by atoms with Gasteiger partial charge in [0, 0.05) is 44.7 Å². The number of nitrogens with one attached hydrogen (secondary N) is 1. The summed E-state index contributed by atoms with van der Waals surface area (Å²) >= 11 is 0. The summed E-state index contributed by atoms with van der Waals surface area (Å²) in [5, 5.41) is 3.28. The van der Waals surface area contributed by atoms with Gasteiger partial charge in [-0.2, -0.15) is 0 Å². The predicted octanol–water partition coefficient (Wildman–Crippen LogP) is 3.77. The second-order valence-electron chi connectivity index (χ2n) is 11.4. The van der Waals surface area contributed by atoms with Crippen LogP contribution in [0.3, 0.4) is 0 Å². The van der Waals surface area contributed by atoms with E-state index in [1.54, 1.807) is 32.3 Å². The van der Waals surface area contributed by atoms with Crippen molar-refractivity contribution in [3.63, 3.8) is 0 Å². The number of carbonyl (C=O) groups is 1. The number of fused-ring (bicyclic) bond motifs is 1. The van der Waals surface area contributed by atoms with E-state index < -0.39 is 33.1 Å². The summed E-state index contributed by atoms with van der Waals surface area (Å²) in [6.07, 6.45) is 1.81. The third-order valence-electron chi connectivity index (χ3n) is 7.11. The van der Waals surface area contributed by atoms with Gasteiger partial charge in [-0.15, -0.1) is 0 Å². The number of pyridine rings is 1. The number of carbonyl (C=O) groups excluding carboxylic acids is 1. The molecule has 1 saturated heterocycles. The number of nitrogens with zero attached hydrogens (tertiary/aromatic N) is 3. The summed E-state index contributed by atoms with van der Waals surface area (Å²) in [7, 11) is -1.25. The summed E-state index contributed by atoms with van der Waals surface area (Å²) in [5.74, 6) is -0.382. The fourth-order valence-electron chi connectivity index (χ4n) is 5.09. The van der Waals surface area contributed by atoms with Crippen LogP contribution >= 0.6 is 0 Å². The Bertz CT molecular complexity index is 1390. The highest BCUT2D eigenvalue weighted by molar-refractivity contribution is 7.89. The highest BCUT2D eigenvalue weighted by Gasteiger charge is 2.35. The molecule has 9 nitrogen and oxygen atoms in total. The fraction of sp³-hybridized carbons (Fsp3) is 0.615. The zero-order valence-corrected chi connectivity index (χ0v) is 23.4. The number of aryl methyl sites for hydroxylation is 1. The van der Waals surface area contributed by atoms with Crippen LogP contribution in [-0.2, 0) is 14.8 Å². The third-order valence-corrected chi connectivity index (χ3v) is 8.92. The molecule has 204 valence electrons. The predicted molar refractivity (Wildman–Crippen MR) is 141 cm³/mol. The van der Waals surface area contributed by atoms with Crippen molar-refractivity contribution in [2.75, 3.05) is 32.1 Å². The highest BCUT2D eigenvalue weighted by atomic mass is 32.2. The number of anilines is 1. The van der Waals surface area contributed by atoms with Gasteiger partial charge >= 0.3 is 6.09 Å². The number of rotatable bonds is 6. The Balaban J connectivity index is 1.70. The average molecular weight is 537 g/mol. The summed E-state index contributed by atoms with van der Waals surface area (Å²) in [6, 6.07) is 2.35. The number of hydrogen-bond donors (Lipinski definition) is 1. The lowest BCUT2D eigenvalue weighted by Gasteiger charge is -2.27. The first-order valence-corrected chi connectivity index (χ1v) is 14.1. The van der Waals surface area contributed by atoms with E-state index in [0.717, 1.165) is 23.6 Å². The molecule has 0 unspecified atom stereocenters. The molecule has 0 radical (unpaired) electrons. The van der Waals surface area contributed by atoms with Crippen LogP contribution in [0, 0.1) is 18.7 Å². The lowest BCUT2D eigenvalue weighted by molar-refractivity contribution is 0.0494. The number of ether oxygens (including phenoxy) is 1. The Hall–Kier alpha value is -2.66. The van der Waals surface area contributed by atoms with E-state index in [9.17, 15) is 18.0 Å². The Labute approximate surface area is 217 Å². The lowest BCUT2D eigenvalue weighted by Crippen LogP contribution is -2.42. The molecule has 0 spiro atoms. The smallest absolute Gasteiger partial charge is 0.407 e. The summed E-state index contributed by atoms with van der Waals surface area (Å²) in [4.78, 5) is 27.3. The molecular formula is C26H37FN4O5S. The van der Waals surface area contributed by atoms with Crippen LogP contribution in [0.1, 0.15) is 58.6 Å². The van der Waals surface area contributed by atoms with Crippen molar-refractivity contribution in [2.45, 2.75) is 76.5 Å². The Morgan fingerprint density at radius 1 is 1.22 bits per heavy atom. The van der Waals surface area contributed by atoms with E-state index in [0.29, 0.717) is 35.2 Å². The van der Waals surface area contributed by atoms with E-state index in [1.165, 1.54) is 26.2 Å². The van der Waals surface area contributed by atoms with E-state index in [4.69, 9.17) is 4.74 Å². The molecule has 37 heavy (non-hydrogen) atoms. The largest absolute Gasteiger partial charge is 0.444 e. The number of aromatic nitrogens is 1. The van der Waals surface area contributed by atoms with Gasteiger partial charge in [0.2, 0.25) is 10.0 Å². The number of halogens is 1. The van der Waals surface area contributed by atoms with Crippen LogP contribution in [-0.4, -0.2) is 62.2 Å². The van der Waals surface area contributed by atoms with Crippen LogP contribution in [0.25, 0.3) is 10.9 Å². The first-order valence-electron chi connectivity index (χ1n) is 12.7. The molecule has 1 aromatic carbocycles. The van der Waals surface area contributed by atoms with Gasteiger partial charge in [-0.1, -0.05) is 0 Å². The van der Waals surface area contributed by atoms with E-state index in [-0.39, 0.29) is 22.9 Å². The molecule has 0 bridgehead atoms. The minimum absolute atomic E-state index is 0.0836. The quantitative estimate of drug-likeness (QED) is 0.603. The molecule has 11 heteroatoms. The topological polar surface area (TPSA) is 101 Å². The molecule has 2 aromatic rings. The molecule has 1 aromatic heterocycles. The van der Waals surface area contributed by atoms with Gasteiger partial charge in [-0.05, 0) is 77.5 Å². The molecule has 2 heterocycles. The maximum atomic E-state index is 15.6. The molecule has 2 aliphatic rings. The van der Waals surface area contributed by atoms with Crippen molar-refractivity contribution >= 4 is 32.7 Å². The van der Waals surface area contributed by atoms with Crippen molar-refractivity contribution in [1.29, 1.82) is 0 Å². The van der Waals surface area contributed by atoms with Crippen molar-refractivity contribution < 1.29 is 22.3 Å². The standard InChI is InChI=1S/C26H37FN4O5S/c1-15-22-18(13-21(37(34,35)29(6)7)24(32)31(22)19-8-9-19)12-20(27)23(15)30-11-10-17(14-30)16(2)28-25(33)36-26(3,4)5/h12-13,16-17,19H,8-11,14H2,1-7H3,(H,28,33)/t16-,17+/m0/s1. The van der Waals surface area contributed by atoms with Crippen molar-refractivity contribution in [2.24, 2.45) is 5.92 Å². The molecular weight excluding hydrogens is 499 g/mol. The van der Waals surface area contributed by atoms with Crippen LogP contribution in [0.2, 0.25) is 0 Å². The summed E-state index contributed by atoms with van der Waals surface area (Å²) in [6.45, 7) is 10.2. The Kier molecular flexibility index (Phi) is 7.09. The second kappa shape index (κ2) is 9.58. The number of sulfonamides is 1. The number of alkyl carbamates (subject to hydrolysis) is 1. The number of hydrogen-bond acceptors (Lipinski definition) is 6. The van der Waals surface area contributed by atoms with Gasteiger partial charge in [0.05, 0.1) is 11.2 Å². The number of amides is 1. The Morgan fingerprint density at radius 2 is 1.86 bits per heavy atom. The normalized spacial score (nSPS) is 19.5. The minimum atomic E-state index is -3.99. The van der Waals surface area contributed by atoms with E-state index in [2.05, 4.69) is 5.32 Å². The lowest BCUT2D eigenvalue weighted by atomic mass is 10.0. The summed E-state index contributed by atoms with van der Waals surface area (Å²) in [5.41, 5.74) is 0.432. The van der Waals surface area contributed by atoms with Gasteiger partial charge in [-0.3, -0.25) is 4.79 Å². The van der Waals surface area contributed by atoms with Crippen LogP contribution in [0.4, 0.5) is 14.9 Å². The van der Waals surface area contributed by atoms with Crippen LogP contribution < -0.4 is 15.8 Å². The molecule has 2 atom stereocenters. The van der Waals surface area contributed by atoms with Gasteiger partial charge in [-0.25, -0.2) is 21.9 Å². The fourth-order valence-corrected chi connectivity index (χ4v) is 6.08. The molecule has 1 N–H and O–H groups in total. The number of benzene rings is 1. The Morgan fingerprint density at radius 3 is 2.43 bits per heavy atom. The molecule has 1 saturated carbocycles. The minimum Gasteiger partial charge on any atom is -0.444 e. The van der Waals surface area contributed by atoms with Crippen molar-refractivity contribution in [3.05, 3.63) is 33.9 Å². The van der Waals surface area contributed by atoms with E-state index >= 15 is 4.39 Å². The van der Waals surface area contributed by atoms with Gasteiger partial charge in [0.1, 0.15) is 16.3 Å². The van der Waals surface area contributed by atoms with E-state index in [1.807, 2.05) is 11.8 Å². The summed E-state index contributed by atoms with van der Waals surface area (Å²) < 4.78 is 49.3. The van der Waals surface area contributed by atoms with Gasteiger partial charge in [0.25, 0.3) is 5.56 Å². The SMILES string of the molecule is Cc1c(N2CC[C@@H]([C@H](C)NC(=O)OC(C)(C)C)C2)c(F)cc2cc(S(=O)(=O)N(C)C)c(=O)n(C3CC3)c12.